The molecule has 0 aliphatic carbocycles. The highest BCUT2D eigenvalue weighted by molar-refractivity contribution is 9.09. The monoisotopic (exact) mass is 433 g/mol. The van der Waals surface area contributed by atoms with Gasteiger partial charge in [-0.05, 0) is 28.4 Å². The number of nitrogens with zero attached hydrogens (tertiary/aromatic N) is 1. The molecule has 144 valence electrons. The van der Waals surface area contributed by atoms with Gasteiger partial charge in [-0.1, -0.05) is 0 Å². The molecular weight excluding hydrogens is 414 g/mol. The first kappa shape index (κ1) is 21.6. The van der Waals surface area contributed by atoms with Gasteiger partial charge in [-0.3, -0.25) is 19.7 Å². The van der Waals surface area contributed by atoms with E-state index in [4.69, 9.17) is 19.9 Å². The number of nitro benzene ring substituents is 1. The molecule has 1 unspecified atom stereocenters. The van der Waals surface area contributed by atoms with Gasteiger partial charge in [-0.25, -0.2) is 0 Å². The van der Waals surface area contributed by atoms with Crippen molar-refractivity contribution in [2.75, 3.05) is 26.8 Å². The number of nitrogens with two attached hydrogens (primary N) is 1. The maximum Gasteiger partial charge on any atom is 0.294 e. The summed E-state index contributed by atoms with van der Waals surface area (Å²) in [6.45, 7) is 1.09. The quantitative estimate of drug-likeness (QED) is 0.165. The molecule has 0 aliphatic rings. The van der Waals surface area contributed by atoms with Crippen LogP contribution in [0, 0.1) is 10.1 Å². The number of carbonyl (C=O) groups excluding carboxylic acids is 2. The number of hydrogen-bond acceptors (Lipinski definition) is 8. The number of alkyl halides is 1. The molecule has 10 nitrogen and oxygen atoms in total. The Bertz CT molecular complexity index is 642. The van der Waals surface area contributed by atoms with Crippen molar-refractivity contribution < 1.29 is 28.7 Å². The van der Waals surface area contributed by atoms with Gasteiger partial charge in [-0.15, -0.1) is 0 Å². The summed E-state index contributed by atoms with van der Waals surface area (Å²) in [6, 6.07) is 2.54. The number of amides is 1. The first-order valence-electron chi connectivity index (χ1n) is 7.63. The van der Waals surface area contributed by atoms with Crippen molar-refractivity contribution in [3.05, 3.63) is 27.8 Å². The van der Waals surface area contributed by atoms with Crippen molar-refractivity contribution in [3.8, 4) is 11.5 Å². The number of ether oxygens (including phenoxy) is 3. The molecule has 0 fully saturated rings. The van der Waals surface area contributed by atoms with Crippen LogP contribution in [0.4, 0.5) is 5.69 Å². The number of halogens is 1. The third-order valence-corrected chi connectivity index (χ3v) is 3.91. The van der Waals surface area contributed by atoms with Crippen molar-refractivity contribution in [2.45, 2.75) is 17.9 Å². The summed E-state index contributed by atoms with van der Waals surface area (Å²) in [5.74, 6) is 0.230. The number of nitro groups is 1. The number of hydrogen-bond donors (Lipinski definition) is 2. The van der Waals surface area contributed by atoms with Crippen LogP contribution in [-0.2, 0) is 14.3 Å². The maximum atomic E-state index is 11.5. The average Bonchev–Trinajstić information content (AvgIpc) is 2.62. The van der Waals surface area contributed by atoms with E-state index in [2.05, 4.69) is 21.2 Å². The van der Waals surface area contributed by atoms with E-state index in [1.165, 1.54) is 19.2 Å². The fraction of sp³-hybridized carbons (Fsp3) is 0.467. The van der Waals surface area contributed by atoms with Gasteiger partial charge >= 0.3 is 0 Å². The Hall–Kier alpha value is -2.40. The second-order valence-electron chi connectivity index (χ2n) is 4.96. The van der Waals surface area contributed by atoms with Crippen LogP contribution in [0.15, 0.2) is 12.1 Å². The summed E-state index contributed by atoms with van der Waals surface area (Å²) in [7, 11) is 1.38. The van der Waals surface area contributed by atoms with Crippen molar-refractivity contribution in [1.29, 1.82) is 0 Å². The van der Waals surface area contributed by atoms with E-state index < -0.39 is 9.94 Å². The van der Waals surface area contributed by atoms with E-state index in [-0.39, 0.29) is 48.2 Å². The van der Waals surface area contributed by atoms with E-state index in [1.54, 1.807) is 0 Å². The fourth-order valence-corrected chi connectivity index (χ4v) is 2.47. The van der Waals surface area contributed by atoms with Gasteiger partial charge in [0.1, 0.15) is 0 Å². The molecule has 0 saturated heterocycles. The molecule has 1 atom stereocenters. The van der Waals surface area contributed by atoms with Gasteiger partial charge in [-0.2, -0.15) is 0 Å². The van der Waals surface area contributed by atoms with Crippen molar-refractivity contribution in [2.24, 2.45) is 5.73 Å². The Morgan fingerprint density at radius 2 is 2.19 bits per heavy atom. The normalized spacial score (nSPS) is 11.3. The summed E-state index contributed by atoms with van der Waals surface area (Å²) in [4.78, 5) is 32.6. The molecule has 0 aromatic heterocycles. The summed E-state index contributed by atoms with van der Waals surface area (Å²) in [5, 5.41) is 12.9. The van der Waals surface area contributed by atoms with Gasteiger partial charge in [0.25, 0.3) is 12.2 Å². The van der Waals surface area contributed by atoms with Crippen LogP contribution in [0.5, 0.6) is 11.5 Å². The lowest BCUT2D eigenvalue weighted by atomic mass is 10.1. The van der Waals surface area contributed by atoms with E-state index >= 15 is 0 Å². The van der Waals surface area contributed by atoms with E-state index in [0.29, 0.717) is 19.5 Å². The van der Waals surface area contributed by atoms with Gasteiger partial charge in [0.15, 0.2) is 16.5 Å². The summed E-state index contributed by atoms with van der Waals surface area (Å²) < 4.78 is 15.4. The maximum absolute atomic E-state index is 11.5. The average molecular weight is 434 g/mol. The van der Waals surface area contributed by atoms with Crippen molar-refractivity contribution >= 4 is 34.0 Å². The van der Waals surface area contributed by atoms with Gasteiger partial charge in [0.2, 0.25) is 5.91 Å². The van der Waals surface area contributed by atoms with Gasteiger partial charge in [0.05, 0.1) is 30.3 Å². The molecule has 11 heteroatoms. The summed E-state index contributed by atoms with van der Waals surface area (Å²) in [5.41, 5.74) is 5.09. The Kier molecular flexibility index (Phi) is 9.37. The van der Waals surface area contributed by atoms with Crippen LogP contribution in [0.1, 0.15) is 23.4 Å². The minimum atomic E-state index is -1.01. The third-order valence-electron chi connectivity index (χ3n) is 3.20. The van der Waals surface area contributed by atoms with Crippen LogP contribution in [-0.4, -0.2) is 44.1 Å². The zero-order valence-corrected chi connectivity index (χ0v) is 15.7. The molecule has 0 heterocycles. The Labute approximate surface area is 158 Å². The summed E-state index contributed by atoms with van der Waals surface area (Å²) >= 11 is 3.05. The second kappa shape index (κ2) is 11.3. The van der Waals surface area contributed by atoms with Gasteiger partial charge < -0.3 is 25.3 Å². The minimum absolute atomic E-state index is 0.104. The highest BCUT2D eigenvalue weighted by atomic mass is 79.9. The van der Waals surface area contributed by atoms with Crippen molar-refractivity contribution in [3.63, 3.8) is 0 Å². The predicted octanol–water partition coefficient (Wildman–Crippen LogP) is 1.40. The van der Waals surface area contributed by atoms with E-state index in [1.807, 2.05) is 0 Å². The lowest BCUT2D eigenvalue weighted by molar-refractivity contribution is -0.385. The van der Waals surface area contributed by atoms with Crippen LogP contribution >= 0.6 is 15.9 Å². The van der Waals surface area contributed by atoms with Gasteiger partial charge in [0, 0.05) is 19.5 Å². The molecule has 0 radical (unpaired) electrons. The zero-order valence-electron chi connectivity index (χ0n) is 14.1. The SMILES string of the molecule is COc1cc(C(Br)OC=O)c([N+](=O)[O-])cc1OCCCC(=O)NCCN. The molecule has 0 bridgehead atoms. The van der Waals surface area contributed by atoms with Crippen LogP contribution in [0.3, 0.4) is 0 Å². The minimum Gasteiger partial charge on any atom is -0.493 e. The smallest absolute Gasteiger partial charge is 0.294 e. The molecule has 26 heavy (non-hydrogen) atoms. The zero-order chi connectivity index (χ0) is 19.5. The molecule has 1 aromatic carbocycles. The standard InChI is InChI=1S/C15H20BrN3O7/c1-24-12-7-10(15(16)26-9-20)11(19(22)23)8-13(12)25-6-2-3-14(21)18-5-4-17/h7-9,15H,2-6,17H2,1H3,(H,18,21). The molecule has 0 spiro atoms. The summed E-state index contributed by atoms with van der Waals surface area (Å²) in [6.07, 6.45) is 0.642. The van der Waals surface area contributed by atoms with E-state index in [9.17, 15) is 19.7 Å². The van der Waals surface area contributed by atoms with Crippen molar-refractivity contribution in [1.82, 2.24) is 5.32 Å². The lowest BCUT2D eigenvalue weighted by Crippen LogP contribution is -2.29. The molecule has 3 N–H and O–H groups in total. The first-order chi connectivity index (χ1) is 12.4. The lowest BCUT2D eigenvalue weighted by Gasteiger charge is -2.14. The highest BCUT2D eigenvalue weighted by Crippen LogP contribution is 2.40. The van der Waals surface area contributed by atoms with Crippen LogP contribution < -0.4 is 20.5 Å². The molecule has 1 aromatic rings. The number of benzene rings is 1. The topological polar surface area (TPSA) is 143 Å². The molecular formula is C15H20BrN3O7. The van der Waals surface area contributed by atoms with Crippen LogP contribution in [0.2, 0.25) is 0 Å². The van der Waals surface area contributed by atoms with E-state index in [0.717, 1.165) is 0 Å². The van der Waals surface area contributed by atoms with Crippen LogP contribution in [0.25, 0.3) is 0 Å². The highest BCUT2D eigenvalue weighted by Gasteiger charge is 2.25. The fourth-order valence-electron chi connectivity index (χ4n) is 2.01. The molecule has 0 saturated carbocycles. The predicted molar refractivity (Wildman–Crippen MR) is 95.3 cm³/mol. The Morgan fingerprint density at radius 1 is 1.46 bits per heavy atom. The first-order valence-corrected chi connectivity index (χ1v) is 8.55. The Morgan fingerprint density at radius 3 is 2.77 bits per heavy atom. The Balaban J connectivity index is 2.84. The molecule has 1 amide bonds. The number of carbonyl (C=O) groups is 2. The molecule has 1 rings (SSSR count). The largest absolute Gasteiger partial charge is 0.493 e. The number of rotatable bonds is 12. The number of methoxy groups -OCH3 is 1. The second-order valence-corrected chi connectivity index (χ2v) is 5.79. The molecule has 0 aliphatic heterocycles. The third kappa shape index (κ3) is 6.48. The number of nitrogens with one attached hydrogen (secondary N) is 1.